The maximum absolute atomic E-state index is 12.7. The minimum Gasteiger partial charge on any atom is -0.333 e. The molecule has 0 unspecified atom stereocenters. The Bertz CT molecular complexity index is 987. The van der Waals surface area contributed by atoms with Crippen molar-refractivity contribution in [2.24, 2.45) is 0 Å². The molecular weight excluding hydrogens is 336 g/mol. The Kier molecular flexibility index (Phi) is 4.17. The molecule has 0 radical (unpaired) electrons. The smallest absolute Gasteiger partial charge is 0.254 e. The Balaban J connectivity index is 1.31. The fourth-order valence-corrected chi connectivity index (χ4v) is 4.31. The average Bonchev–Trinajstić information content (AvgIpc) is 3.41. The number of hydrogen-bond acceptors (Lipinski definition) is 3. The predicted molar refractivity (Wildman–Crippen MR) is 106 cm³/mol. The SMILES string of the molecule is O=C1c2ccc(Cn3cnc4ccccc43)cc2CN1CCN1CCCC1. The number of hydrogen-bond donors (Lipinski definition) is 0. The maximum Gasteiger partial charge on any atom is 0.254 e. The van der Waals surface area contributed by atoms with E-state index in [4.69, 9.17) is 0 Å². The van der Waals surface area contributed by atoms with Gasteiger partial charge in [-0.1, -0.05) is 24.3 Å². The topological polar surface area (TPSA) is 41.4 Å². The molecule has 3 aromatic rings. The summed E-state index contributed by atoms with van der Waals surface area (Å²) in [7, 11) is 0. The van der Waals surface area contributed by atoms with Gasteiger partial charge in [-0.05, 0) is 55.3 Å². The van der Waals surface area contributed by atoms with E-state index in [9.17, 15) is 4.79 Å². The molecule has 5 heteroatoms. The van der Waals surface area contributed by atoms with Crippen LogP contribution in [0.2, 0.25) is 0 Å². The number of para-hydroxylation sites is 2. The lowest BCUT2D eigenvalue weighted by Crippen LogP contribution is -2.33. The molecule has 5 nitrogen and oxygen atoms in total. The van der Waals surface area contributed by atoms with E-state index >= 15 is 0 Å². The Labute approximate surface area is 159 Å². The highest BCUT2D eigenvalue weighted by Crippen LogP contribution is 2.25. The van der Waals surface area contributed by atoms with Crippen molar-refractivity contribution in [3.8, 4) is 0 Å². The number of benzene rings is 2. The molecule has 2 aliphatic heterocycles. The van der Waals surface area contributed by atoms with Crippen LogP contribution in [-0.4, -0.2) is 51.4 Å². The Morgan fingerprint density at radius 1 is 1.00 bits per heavy atom. The molecule has 0 atom stereocenters. The molecular formula is C22H24N4O. The summed E-state index contributed by atoms with van der Waals surface area (Å²) in [6.07, 6.45) is 4.48. The first-order valence-corrected chi connectivity index (χ1v) is 9.81. The van der Waals surface area contributed by atoms with Crippen LogP contribution >= 0.6 is 0 Å². The van der Waals surface area contributed by atoms with E-state index in [1.165, 1.54) is 31.5 Å². The molecule has 0 saturated carbocycles. The first-order chi connectivity index (χ1) is 13.3. The van der Waals surface area contributed by atoms with Crippen molar-refractivity contribution in [1.29, 1.82) is 0 Å². The van der Waals surface area contributed by atoms with E-state index in [0.29, 0.717) is 0 Å². The zero-order valence-electron chi connectivity index (χ0n) is 15.5. The minimum absolute atomic E-state index is 0.184. The van der Waals surface area contributed by atoms with Gasteiger partial charge in [0.05, 0.1) is 17.4 Å². The van der Waals surface area contributed by atoms with Gasteiger partial charge < -0.3 is 14.4 Å². The molecule has 0 bridgehead atoms. The fraction of sp³-hybridized carbons (Fsp3) is 0.364. The second-order valence-corrected chi connectivity index (χ2v) is 7.63. The van der Waals surface area contributed by atoms with Gasteiger partial charge in [-0.15, -0.1) is 0 Å². The van der Waals surface area contributed by atoms with Gasteiger partial charge in [0, 0.05) is 31.7 Å². The van der Waals surface area contributed by atoms with Crippen molar-refractivity contribution in [2.45, 2.75) is 25.9 Å². The van der Waals surface area contributed by atoms with Crippen molar-refractivity contribution >= 4 is 16.9 Å². The van der Waals surface area contributed by atoms with E-state index in [1.54, 1.807) is 0 Å². The van der Waals surface area contributed by atoms with Crippen LogP contribution < -0.4 is 0 Å². The van der Waals surface area contributed by atoms with Crippen LogP contribution in [0.15, 0.2) is 48.8 Å². The van der Waals surface area contributed by atoms with E-state index < -0.39 is 0 Å². The third kappa shape index (κ3) is 3.12. The number of amides is 1. The summed E-state index contributed by atoms with van der Waals surface area (Å²) in [5.74, 6) is 0.184. The minimum atomic E-state index is 0.184. The fourth-order valence-electron chi connectivity index (χ4n) is 4.31. The number of rotatable bonds is 5. The van der Waals surface area contributed by atoms with Crippen LogP contribution in [0.5, 0.6) is 0 Å². The highest BCUT2D eigenvalue weighted by Gasteiger charge is 2.27. The molecule has 138 valence electrons. The molecule has 2 aromatic carbocycles. The molecule has 1 saturated heterocycles. The summed E-state index contributed by atoms with van der Waals surface area (Å²) in [5.41, 5.74) is 5.40. The Morgan fingerprint density at radius 3 is 2.74 bits per heavy atom. The van der Waals surface area contributed by atoms with Gasteiger partial charge in [0.2, 0.25) is 0 Å². The monoisotopic (exact) mass is 360 g/mol. The van der Waals surface area contributed by atoms with Crippen LogP contribution in [-0.2, 0) is 13.1 Å². The van der Waals surface area contributed by atoms with Crippen LogP contribution in [0.1, 0.15) is 34.3 Å². The average molecular weight is 360 g/mol. The van der Waals surface area contributed by atoms with Gasteiger partial charge in [0.25, 0.3) is 5.91 Å². The molecule has 1 amide bonds. The normalized spacial score (nSPS) is 17.2. The van der Waals surface area contributed by atoms with Crippen molar-refractivity contribution in [3.05, 3.63) is 65.5 Å². The number of likely N-dealkylation sites (tertiary alicyclic amines) is 1. The molecule has 1 aromatic heterocycles. The predicted octanol–water partition coefficient (Wildman–Crippen LogP) is 3.14. The number of imidazole rings is 1. The van der Waals surface area contributed by atoms with Gasteiger partial charge in [0.1, 0.15) is 0 Å². The van der Waals surface area contributed by atoms with Crippen molar-refractivity contribution in [1.82, 2.24) is 19.4 Å². The number of carbonyl (C=O) groups excluding carboxylic acids is 1. The third-order valence-electron chi connectivity index (χ3n) is 5.81. The number of carbonyl (C=O) groups is 1. The standard InChI is InChI=1S/C22H24N4O/c27-22-19-8-7-17(14-26-16-23-20-5-1-2-6-21(20)26)13-18(19)15-25(22)12-11-24-9-3-4-10-24/h1-2,5-8,13,16H,3-4,9-12,14-15H2. The maximum atomic E-state index is 12.7. The molecule has 1 fully saturated rings. The molecule has 27 heavy (non-hydrogen) atoms. The van der Waals surface area contributed by atoms with Gasteiger partial charge in [-0.3, -0.25) is 4.79 Å². The van der Waals surface area contributed by atoms with E-state index in [0.717, 1.165) is 48.3 Å². The lowest BCUT2D eigenvalue weighted by atomic mass is 10.1. The Morgan fingerprint density at radius 2 is 1.85 bits per heavy atom. The highest BCUT2D eigenvalue weighted by molar-refractivity contribution is 5.98. The van der Waals surface area contributed by atoms with Crippen LogP contribution in [0.3, 0.4) is 0 Å². The van der Waals surface area contributed by atoms with Gasteiger partial charge in [-0.2, -0.15) is 0 Å². The number of aromatic nitrogens is 2. The molecule has 0 aliphatic carbocycles. The van der Waals surface area contributed by atoms with E-state index in [2.05, 4.69) is 32.7 Å². The summed E-state index contributed by atoms with van der Waals surface area (Å²) in [5, 5.41) is 0. The van der Waals surface area contributed by atoms with Crippen molar-refractivity contribution in [3.63, 3.8) is 0 Å². The van der Waals surface area contributed by atoms with Crippen LogP contribution in [0.4, 0.5) is 0 Å². The lowest BCUT2D eigenvalue weighted by molar-refractivity contribution is 0.0763. The van der Waals surface area contributed by atoms with Gasteiger partial charge >= 0.3 is 0 Å². The van der Waals surface area contributed by atoms with Gasteiger partial charge in [0.15, 0.2) is 0 Å². The highest BCUT2D eigenvalue weighted by atomic mass is 16.2. The third-order valence-corrected chi connectivity index (χ3v) is 5.81. The van der Waals surface area contributed by atoms with Crippen molar-refractivity contribution in [2.75, 3.05) is 26.2 Å². The molecule has 3 heterocycles. The lowest BCUT2D eigenvalue weighted by Gasteiger charge is -2.20. The summed E-state index contributed by atoms with van der Waals surface area (Å²) >= 11 is 0. The zero-order valence-corrected chi connectivity index (χ0v) is 15.5. The van der Waals surface area contributed by atoms with E-state index in [-0.39, 0.29) is 5.91 Å². The quantitative estimate of drug-likeness (QED) is 0.702. The zero-order chi connectivity index (χ0) is 18.2. The first-order valence-electron chi connectivity index (χ1n) is 9.81. The second kappa shape index (κ2) is 6.82. The first kappa shape index (κ1) is 16.5. The van der Waals surface area contributed by atoms with Gasteiger partial charge in [-0.25, -0.2) is 4.98 Å². The Hall–Kier alpha value is -2.66. The summed E-state index contributed by atoms with van der Waals surface area (Å²) in [6, 6.07) is 14.5. The summed E-state index contributed by atoms with van der Waals surface area (Å²) in [4.78, 5) is 21.6. The molecule has 0 N–H and O–H groups in total. The van der Waals surface area contributed by atoms with Crippen LogP contribution in [0.25, 0.3) is 11.0 Å². The number of fused-ring (bicyclic) bond motifs is 2. The summed E-state index contributed by atoms with van der Waals surface area (Å²) in [6.45, 7) is 5.69. The van der Waals surface area contributed by atoms with Crippen LogP contribution in [0, 0.1) is 0 Å². The summed E-state index contributed by atoms with van der Waals surface area (Å²) < 4.78 is 2.17. The molecule has 2 aliphatic rings. The molecule has 0 spiro atoms. The molecule has 5 rings (SSSR count). The van der Waals surface area contributed by atoms with Crippen molar-refractivity contribution < 1.29 is 4.79 Å². The number of nitrogens with zero attached hydrogens (tertiary/aromatic N) is 4. The largest absolute Gasteiger partial charge is 0.333 e. The second-order valence-electron chi connectivity index (χ2n) is 7.63. The van der Waals surface area contributed by atoms with E-state index in [1.807, 2.05) is 35.5 Å².